The molecule has 18 heavy (non-hydrogen) atoms. The number of nitrogens with one attached hydrogen (secondary N) is 1. The number of anilines is 1. The zero-order valence-corrected chi connectivity index (χ0v) is 12.6. The first-order valence-electron chi connectivity index (χ1n) is 5.64. The molecule has 0 amide bonds. The third-order valence-corrected chi connectivity index (χ3v) is 3.63. The summed E-state index contributed by atoms with van der Waals surface area (Å²) >= 11 is 4.79. The molecule has 0 atom stereocenters. The maximum absolute atomic E-state index is 5.78. The van der Waals surface area contributed by atoms with E-state index in [0.29, 0.717) is 6.61 Å². The molecule has 0 bridgehead atoms. The van der Waals surface area contributed by atoms with Crippen LogP contribution in [0.25, 0.3) is 0 Å². The molecule has 2 rings (SSSR count). The van der Waals surface area contributed by atoms with Crippen molar-refractivity contribution in [1.29, 1.82) is 0 Å². The van der Waals surface area contributed by atoms with Crippen molar-refractivity contribution in [2.75, 3.05) is 11.9 Å². The molecule has 1 aromatic heterocycles. The second kappa shape index (κ2) is 6.15. The molecule has 1 aromatic carbocycles. The van der Waals surface area contributed by atoms with Crippen LogP contribution in [0.15, 0.2) is 22.7 Å². The number of aryl methyl sites for hydroxylation is 1. The van der Waals surface area contributed by atoms with Gasteiger partial charge in [-0.15, -0.1) is 5.10 Å². The van der Waals surface area contributed by atoms with E-state index in [4.69, 9.17) is 4.74 Å². The number of benzene rings is 1. The smallest absolute Gasteiger partial charge is 0.136 e. The van der Waals surface area contributed by atoms with Gasteiger partial charge in [-0.25, -0.2) is 0 Å². The number of halogens is 1. The van der Waals surface area contributed by atoms with Gasteiger partial charge in [0.25, 0.3) is 0 Å². The Morgan fingerprint density at radius 2 is 2.28 bits per heavy atom. The Bertz CT molecular complexity index is 530. The van der Waals surface area contributed by atoms with Gasteiger partial charge in [0.2, 0.25) is 0 Å². The minimum atomic E-state index is 0.427. The molecule has 0 fully saturated rings. The Kier molecular flexibility index (Phi) is 4.54. The van der Waals surface area contributed by atoms with Gasteiger partial charge in [0.1, 0.15) is 23.1 Å². The van der Waals surface area contributed by atoms with Gasteiger partial charge in [-0.3, -0.25) is 0 Å². The van der Waals surface area contributed by atoms with Gasteiger partial charge in [0.15, 0.2) is 0 Å². The Balaban J connectivity index is 2.06. The van der Waals surface area contributed by atoms with Gasteiger partial charge >= 0.3 is 0 Å². The van der Waals surface area contributed by atoms with Crippen molar-refractivity contribution in [3.05, 3.63) is 33.9 Å². The van der Waals surface area contributed by atoms with Gasteiger partial charge in [-0.05, 0) is 31.5 Å². The van der Waals surface area contributed by atoms with Crippen molar-refractivity contribution in [2.24, 2.45) is 0 Å². The molecule has 0 saturated heterocycles. The average Bonchev–Trinajstić information content (AvgIpc) is 2.78. The molecule has 0 unspecified atom stereocenters. The second-order valence-corrected chi connectivity index (χ2v) is 5.45. The molecule has 96 valence electrons. The van der Waals surface area contributed by atoms with E-state index in [0.717, 1.165) is 33.0 Å². The van der Waals surface area contributed by atoms with Gasteiger partial charge in [-0.2, -0.15) is 0 Å². The molecule has 2 aromatic rings. The van der Waals surface area contributed by atoms with Crippen LogP contribution in [0.2, 0.25) is 0 Å². The number of aromatic nitrogens is 2. The van der Waals surface area contributed by atoms with Crippen LogP contribution < -0.4 is 10.1 Å². The standard InChI is InChI=1S/C12H14BrN3OS/c1-3-14-12-10(15-16-18-12)7-17-11-6-9(13)5-4-8(11)2/h4-6,14H,3,7H2,1-2H3. The molecule has 0 spiro atoms. The highest BCUT2D eigenvalue weighted by Crippen LogP contribution is 2.25. The summed E-state index contributed by atoms with van der Waals surface area (Å²) in [6, 6.07) is 5.97. The van der Waals surface area contributed by atoms with E-state index in [1.165, 1.54) is 11.5 Å². The Morgan fingerprint density at radius 1 is 1.44 bits per heavy atom. The summed E-state index contributed by atoms with van der Waals surface area (Å²) in [5.41, 5.74) is 1.95. The van der Waals surface area contributed by atoms with Gasteiger partial charge in [-0.1, -0.05) is 26.5 Å². The van der Waals surface area contributed by atoms with Crippen molar-refractivity contribution >= 4 is 32.5 Å². The summed E-state index contributed by atoms with van der Waals surface area (Å²) < 4.78 is 10.7. The quantitative estimate of drug-likeness (QED) is 0.911. The van der Waals surface area contributed by atoms with Crippen LogP contribution in [-0.4, -0.2) is 16.1 Å². The monoisotopic (exact) mass is 327 g/mol. The first-order valence-corrected chi connectivity index (χ1v) is 7.21. The van der Waals surface area contributed by atoms with Crippen LogP contribution >= 0.6 is 27.5 Å². The fourth-order valence-electron chi connectivity index (χ4n) is 1.47. The summed E-state index contributed by atoms with van der Waals surface area (Å²) in [7, 11) is 0. The molecule has 0 aliphatic rings. The average molecular weight is 328 g/mol. The van der Waals surface area contributed by atoms with Crippen molar-refractivity contribution in [2.45, 2.75) is 20.5 Å². The normalized spacial score (nSPS) is 10.4. The van der Waals surface area contributed by atoms with Crippen LogP contribution in [0, 0.1) is 6.92 Å². The lowest BCUT2D eigenvalue weighted by atomic mass is 10.2. The lowest BCUT2D eigenvalue weighted by Crippen LogP contribution is -2.02. The first kappa shape index (κ1) is 13.3. The van der Waals surface area contributed by atoms with Crippen LogP contribution in [0.5, 0.6) is 5.75 Å². The fourth-order valence-corrected chi connectivity index (χ4v) is 2.45. The number of hydrogen-bond acceptors (Lipinski definition) is 5. The summed E-state index contributed by atoms with van der Waals surface area (Å²) in [5, 5.41) is 8.27. The van der Waals surface area contributed by atoms with Crippen molar-refractivity contribution < 1.29 is 4.74 Å². The number of hydrogen-bond donors (Lipinski definition) is 1. The minimum Gasteiger partial charge on any atom is -0.487 e. The SMILES string of the molecule is CCNc1snnc1COc1cc(Br)ccc1C. The highest BCUT2D eigenvalue weighted by atomic mass is 79.9. The minimum absolute atomic E-state index is 0.427. The third-order valence-electron chi connectivity index (χ3n) is 2.41. The third kappa shape index (κ3) is 3.20. The summed E-state index contributed by atoms with van der Waals surface area (Å²) in [5.74, 6) is 0.861. The lowest BCUT2D eigenvalue weighted by Gasteiger charge is -2.09. The summed E-state index contributed by atoms with van der Waals surface area (Å²) in [6.45, 7) is 5.35. The second-order valence-electron chi connectivity index (χ2n) is 3.78. The zero-order valence-electron chi connectivity index (χ0n) is 10.2. The Morgan fingerprint density at radius 3 is 3.06 bits per heavy atom. The molecular weight excluding hydrogens is 314 g/mol. The predicted octanol–water partition coefficient (Wildman–Crippen LogP) is 3.62. The van der Waals surface area contributed by atoms with E-state index in [-0.39, 0.29) is 0 Å². The molecule has 0 aliphatic heterocycles. The molecule has 0 saturated carbocycles. The lowest BCUT2D eigenvalue weighted by molar-refractivity contribution is 0.299. The summed E-state index contributed by atoms with van der Waals surface area (Å²) in [6.07, 6.45) is 0. The fraction of sp³-hybridized carbons (Fsp3) is 0.333. The number of ether oxygens (including phenoxy) is 1. The van der Waals surface area contributed by atoms with E-state index >= 15 is 0 Å². The molecule has 4 nitrogen and oxygen atoms in total. The van der Waals surface area contributed by atoms with Crippen molar-refractivity contribution in [3.8, 4) is 5.75 Å². The molecule has 0 radical (unpaired) electrons. The maximum Gasteiger partial charge on any atom is 0.136 e. The van der Waals surface area contributed by atoms with Crippen LogP contribution in [0.3, 0.4) is 0 Å². The van der Waals surface area contributed by atoms with Crippen LogP contribution in [0.1, 0.15) is 18.2 Å². The molecule has 1 heterocycles. The molecular formula is C12H14BrN3OS. The Labute approximate surface area is 119 Å². The highest BCUT2D eigenvalue weighted by molar-refractivity contribution is 9.10. The Hall–Kier alpha value is -1.14. The van der Waals surface area contributed by atoms with E-state index < -0.39 is 0 Å². The highest BCUT2D eigenvalue weighted by Gasteiger charge is 2.08. The zero-order chi connectivity index (χ0) is 13.0. The van der Waals surface area contributed by atoms with Crippen molar-refractivity contribution in [1.82, 2.24) is 9.59 Å². The van der Waals surface area contributed by atoms with E-state index in [2.05, 4.69) is 30.8 Å². The van der Waals surface area contributed by atoms with Gasteiger partial charge in [0.05, 0.1) is 0 Å². The largest absolute Gasteiger partial charge is 0.487 e. The summed E-state index contributed by atoms with van der Waals surface area (Å²) in [4.78, 5) is 0. The van der Waals surface area contributed by atoms with E-state index in [9.17, 15) is 0 Å². The van der Waals surface area contributed by atoms with E-state index in [1.807, 2.05) is 32.0 Å². The predicted molar refractivity (Wildman–Crippen MR) is 77.3 cm³/mol. The van der Waals surface area contributed by atoms with Crippen LogP contribution in [0.4, 0.5) is 5.00 Å². The number of nitrogens with zero attached hydrogens (tertiary/aromatic N) is 2. The van der Waals surface area contributed by atoms with Crippen molar-refractivity contribution in [3.63, 3.8) is 0 Å². The van der Waals surface area contributed by atoms with Crippen LogP contribution in [-0.2, 0) is 6.61 Å². The first-order chi connectivity index (χ1) is 8.70. The van der Waals surface area contributed by atoms with Gasteiger partial charge in [0, 0.05) is 22.5 Å². The van der Waals surface area contributed by atoms with E-state index in [1.54, 1.807) is 0 Å². The molecule has 6 heteroatoms. The number of rotatable bonds is 5. The molecule has 0 aliphatic carbocycles. The topological polar surface area (TPSA) is 47.0 Å². The van der Waals surface area contributed by atoms with Gasteiger partial charge < -0.3 is 10.1 Å². The maximum atomic E-state index is 5.78. The molecule has 1 N–H and O–H groups in total.